The van der Waals surface area contributed by atoms with Crippen LogP contribution < -0.4 is 9.46 Å². The maximum absolute atomic E-state index is 11.9. The summed E-state index contributed by atoms with van der Waals surface area (Å²) in [6.45, 7) is 2.95. The summed E-state index contributed by atoms with van der Waals surface area (Å²) >= 11 is 0. The van der Waals surface area contributed by atoms with Crippen LogP contribution in [0, 0.1) is 5.92 Å². The molecule has 9 heteroatoms. The lowest BCUT2D eigenvalue weighted by Crippen LogP contribution is -2.39. The highest BCUT2D eigenvalue weighted by Crippen LogP contribution is 2.35. The number of hydrogen-bond donors (Lipinski definition) is 2. The molecule has 8 nitrogen and oxygen atoms in total. The van der Waals surface area contributed by atoms with Crippen molar-refractivity contribution < 1.29 is 23.1 Å². The molecule has 0 saturated carbocycles. The zero-order chi connectivity index (χ0) is 21.2. The molecule has 2 aromatic rings. The van der Waals surface area contributed by atoms with E-state index in [4.69, 9.17) is 4.74 Å². The van der Waals surface area contributed by atoms with E-state index < -0.39 is 16.0 Å². The van der Waals surface area contributed by atoms with Gasteiger partial charge in [-0.25, -0.2) is 17.9 Å². The molecule has 2 heterocycles. The molecule has 0 bridgehead atoms. The molecule has 1 aromatic carbocycles. The number of sulfonamides is 1. The SMILES string of the molecule is COc1c(C(=O)O)c2c(CC3CCN(CCNS(C)(=O)=O)CC3)cccc2n1C. The molecule has 0 unspecified atom stereocenters. The number of methoxy groups -OCH3 is 1. The number of fused-ring (bicyclic) bond motifs is 1. The fourth-order valence-corrected chi connectivity index (χ4v) is 4.72. The van der Waals surface area contributed by atoms with Crippen molar-refractivity contribution >= 4 is 26.9 Å². The zero-order valence-electron chi connectivity index (χ0n) is 17.1. The van der Waals surface area contributed by atoms with Gasteiger partial charge in [0, 0.05) is 25.5 Å². The predicted octanol–water partition coefficient (Wildman–Crippen LogP) is 1.69. The predicted molar refractivity (Wildman–Crippen MR) is 112 cm³/mol. The van der Waals surface area contributed by atoms with Crippen molar-refractivity contribution in [3.8, 4) is 5.88 Å². The van der Waals surface area contributed by atoms with Gasteiger partial charge in [0.2, 0.25) is 15.9 Å². The fraction of sp³-hybridized carbons (Fsp3) is 0.550. The number of rotatable bonds is 8. The maximum Gasteiger partial charge on any atom is 0.341 e. The summed E-state index contributed by atoms with van der Waals surface area (Å²) in [7, 11) is 0.166. The number of carboxylic acid groups (broad SMARTS) is 1. The third kappa shape index (κ3) is 4.91. The maximum atomic E-state index is 11.9. The Morgan fingerprint density at radius 2 is 2.00 bits per heavy atom. The van der Waals surface area contributed by atoms with Crippen LogP contribution >= 0.6 is 0 Å². The Bertz CT molecular complexity index is 991. The van der Waals surface area contributed by atoms with Gasteiger partial charge in [-0.2, -0.15) is 0 Å². The van der Waals surface area contributed by atoms with Crippen molar-refractivity contribution in [3.63, 3.8) is 0 Å². The van der Waals surface area contributed by atoms with Gasteiger partial charge in [0.25, 0.3) is 0 Å². The minimum Gasteiger partial charge on any atom is -0.482 e. The van der Waals surface area contributed by atoms with Gasteiger partial charge < -0.3 is 19.3 Å². The van der Waals surface area contributed by atoms with E-state index in [1.165, 1.54) is 13.4 Å². The molecule has 0 spiro atoms. The topological polar surface area (TPSA) is 101 Å². The summed E-state index contributed by atoms with van der Waals surface area (Å²) in [6.07, 6.45) is 3.99. The second-order valence-corrected chi connectivity index (χ2v) is 9.55. The minimum absolute atomic E-state index is 0.227. The first kappa shape index (κ1) is 21.6. The smallest absolute Gasteiger partial charge is 0.341 e. The van der Waals surface area contributed by atoms with E-state index in [1.54, 1.807) is 4.57 Å². The number of nitrogens with one attached hydrogen (secondary N) is 1. The van der Waals surface area contributed by atoms with Crippen LogP contribution in [0.5, 0.6) is 5.88 Å². The normalized spacial score (nSPS) is 16.4. The number of hydrogen-bond acceptors (Lipinski definition) is 5. The molecule has 0 aliphatic carbocycles. The van der Waals surface area contributed by atoms with Gasteiger partial charge in [-0.1, -0.05) is 12.1 Å². The molecule has 1 aliphatic rings. The molecule has 1 aromatic heterocycles. The van der Waals surface area contributed by atoms with E-state index in [0.29, 0.717) is 24.9 Å². The summed E-state index contributed by atoms with van der Waals surface area (Å²) in [4.78, 5) is 14.2. The fourth-order valence-electron chi connectivity index (χ4n) is 4.26. The number of nitrogens with zero attached hydrogens (tertiary/aromatic N) is 2. The van der Waals surface area contributed by atoms with Crippen molar-refractivity contribution in [2.24, 2.45) is 13.0 Å². The van der Waals surface area contributed by atoms with E-state index in [0.717, 1.165) is 48.8 Å². The number of aromatic carboxylic acids is 1. The quantitative estimate of drug-likeness (QED) is 0.670. The first-order chi connectivity index (χ1) is 13.7. The monoisotopic (exact) mass is 423 g/mol. The number of carboxylic acids is 1. The number of piperidine rings is 1. The van der Waals surface area contributed by atoms with Gasteiger partial charge in [-0.3, -0.25) is 0 Å². The van der Waals surface area contributed by atoms with Crippen LogP contribution in [0.25, 0.3) is 10.9 Å². The lowest BCUT2D eigenvalue weighted by molar-refractivity contribution is 0.0694. The Morgan fingerprint density at radius 1 is 1.31 bits per heavy atom. The molecule has 2 N–H and O–H groups in total. The molecule has 0 atom stereocenters. The van der Waals surface area contributed by atoms with Gasteiger partial charge in [0.15, 0.2) is 0 Å². The first-order valence-electron chi connectivity index (χ1n) is 9.75. The number of likely N-dealkylation sites (tertiary alicyclic amines) is 1. The van der Waals surface area contributed by atoms with Gasteiger partial charge in [-0.15, -0.1) is 0 Å². The van der Waals surface area contributed by atoms with Crippen LogP contribution in [-0.4, -0.2) is 68.5 Å². The van der Waals surface area contributed by atoms with Crippen LogP contribution in [0.2, 0.25) is 0 Å². The first-order valence-corrected chi connectivity index (χ1v) is 11.6. The van der Waals surface area contributed by atoms with Crippen molar-refractivity contribution in [2.45, 2.75) is 19.3 Å². The van der Waals surface area contributed by atoms with Gasteiger partial charge in [0.05, 0.1) is 18.9 Å². The molecule has 29 heavy (non-hydrogen) atoms. The number of aromatic nitrogens is 1. The highest BCUT2D eigenvalue weighted by Gasteiger charge is 2.26. The van der Waals surface area contributed by atoms with Crippen molar-refractivity contribution in [1.82, 2.24) is 14.2 Å². The van der Waals surface area contributed by atoms with Crippen LogP contribution in [0.15, 0.2) is 18.2 Å². The lowest BCUT2D eigenvalue weighted by atomic mass is 9.88. The summed E-state index contributed by atoms with van der Waals surface area (Å²) in [6, 6.07) is 5.90. The standard InChI is InChI=1S/C20H29N3O5S/c1-22-16-6-4-5-15(17(16)18(20(24)25)19(22)28-2)13-14-7-10-23(11-8-14)12-9-21-29(3,26)27/h4-6,14,21H,7-13H2,1-3H3,(H,24,25). The van der Waals surface area contributed by atoms with Crippen molar-refractivity contribution in [1.29, 1.82) is 0 Å². The lowest BCUT2D eigenvalue weighted by Gasteiger charge is -2.32. The van der Waals surface area contributed by atoms with Crippen molar-refractivity contribution in [2.75, 3.05) is 39.5 Å². The summed E-state index contributed by atoms with van der Waals surface area (Å²) in [5, 5.41) is 10.5. The molecule has 0 amide bonds. The third-order valence-electron chi connectivity index (χ3n) is 5.67. The minimum atomic E-state index is -3.15. The van der Waals surface area contributed by atoms with Gasteiger partial charge in [-0.05, 0) is 49.9 Å². The summed E-state index contributed by atoms with van der Waals surface area (Å²) < 4.78 is 32.0. The summed E-state index contributed by atoms with van der Waals surface area (Å²) in [5.74, 6) is -0.145. The van der Waals surface area contributed by atoms with E-state index in [1.807, 2.05) is 25.2 Å². The Morgan fingerprint density at radius 3 is 2.59 bits per heavy atom. The highest BCUT2D eigenvalue weighted by atomic mass is 32.2. The Labute approximate surface area is 171 Å². The van der Waals surface area contributed by atoms with Crippen molar-refractivity contribution in [3.05, 3.63) is 29.3 Å². The largest absolute Gasteiger partial charge is 0.482 e. The van der Waals surface area contributed by atoms with Crippen LogP contribution in [-0.2, 0) is 23.5 Å². The molecule has 160 valence electrons. The Balaban J connectivity index is 1.71. The second-order valence-electron chi connectivity index (χ2n) is 7.72. The molecule has 0 radical (unpaired) electrons. The van der Waals surface area contributed by atoms with Gasteiger partial charge >= 0.3 is 5.97 Å². The molecular formula is C20H29N3O5S. The zero-order valence-corrected chi connectivity index (χ0v) is 18.0. The molecule has 1 saturated heterocycles. The van der Waals surface area contributed by atoms with E-state index in [9.17, 15) is 18.3 Å². The number of benzene rings is 1. The van der Waals surface area contributed by atoms with E-state index >= 15 is 0 Å². The van der Waals surface area contributed by atoms with Gasteiger partial charge in [0.1, 0.15) is 5.56 Å². The molecule has 1 fully saturated rings. The number of aryl methyl sites for hydroxylation is 1. The number of carbonyl (C=O) groups is 1. The van der Waals surface area contributed by atoms with Crippen LogP contribution in [0.1, 0.15) is 28.8 Å². The average molecular weight is 424 g/mol. The average Bonchev–Trinajstić information content (AvgIpc) is 2.95. The second kappa shape index (κ2) is 8.73. The molecule has 1 aliphatic heterocycles. The Kier molecular flexibility index (Phi) is 6.50. The van der Waals surface area contributed by atoms with E-state index in [-0.39, 0.29) is 5.56 Å². The van der Waals surface area contributed by atoms with Crippen LogP contribution in [0.4, 0.5) is 0 Å². The summed E-state index contributed by atoms with van der Waals surface area (Å²) in [5.41, 5.74) is 2.13. The van der Waals surface area contributed by atoms with Crippen LogP contribution in [0.3, 0.4) is 0 Å². The number of ether oxygens (including phenoxy) is 1. The third-order valence-corrected chi connectivity index (χ3v) is 6.40. The highest BCUT2D eigenvalue weighted by molar-refractivity contribution is 7.88. The molecular weight excluding hydrogens is 394 g/mol. The molecule has 3 rings (SSSR count). The Hall–Kier alpha value is -2.10. The van der Waals surface area contributed by atoms with E-state index in [2.05, 4.69) is 9.62 Å².